The van der Waals surface area contributed by atoms with Crippen molar-refractivity contribution in [2.45, 2.75) is 45.8 Å². The van der Waals surface area contributed by atoms with Gasteiger partial charge in [0, 0.05) is 25.6 Å². The molecule has 0 fully saturated rings. The van der Waals surface area contributed by atoms with Gasteiger partial charge in [-0.3, -0.25) is 0 Å². The molecule has 0 aromatic heterocycles. The van der Waals surface area contributed by atoms with Crippen molar-refractivity contribution in [3.8, 4) is 0 Å². The van der Waals surface area contributed by atoms with E-state index < -0.39 is 12.1 Å². The first kappa shape index (κ1) is 15.7. The minimum atomic E-state index is -1.42. The van der Waals surface area contributed by atoms with E-state index in [2.05, 4.69) is 5.32 Å². The maximum atomic E-state index is 11.7. The van der Waals surface area contributed by atoms with Crippen LogP contribution in [-0.2, 0) is 4.79 Å². The molecule has 2 atom stereocenters. The Bertz CT molecular complexity index is 258. The molecular formula is C11H22N2O4. The molecule has 2 unspecified atom stereocenters. The Morgan fingerprint density at radius 1 is 1.35 bits per heavy atom. The molecular weight excluding hydrogens is 224 g/mol. The molecule has 0 radical (unpaired) electrons. The Labute approximate surface area is 102 Å². The fraction of sp³-hybridized carbons (Fsp3) is 0.818. The summed E-state index contributed by atoms with van der Waals surface area (Å²) in [6.45, 7) is 6.59. The summed E-state index contributed by atoms with van der Waals surface area (Å²) < 4.78 is 0. The molecule has 0 saturated heterocycles. The molecule has 0 bridgehead atoms. The number of nitrogens with zero attached hydrogens (tertiary/aromatic N) is 1. The monoisotopic (exact) mass is 246 g/mol. The first-order chi connectivity index (χ1) is 7.93. The highest BCUT2D eigenvalue weighted by molar-refractivity contribution is 5.75. The maximum Gasteiger partial charge on any atom is 0.332 e. The van der Waals surface area contributed by atoms with Gasteiger partial charge in [0.1, 0.15) is 0 Å². The van der Waals surface area contributed by atoms with E-state index in [1.807, 2.05) is 20.8 Å². The van der Waals surface area contributed by atoms with Crippen molar-refractivity contribution in [3.05, 3.63) is 0 Å². The Morgan fingerprint density at radius 3 is 2.35 bits per heavy atom. The lowest BCUT2D eigenvalue weighted by Crippen LogP contribution is -2.45. The number of nitrogens with one attached hydrogen (secondary N) is 1. The number of amides is 2. The average Bonchev–Trinajstić information content (AvgIpc) is 2.29. The third kappa shape index (κ3) is 5.53. The Kier molecular flexibility index (Phi) is 7.29. The van der Waals surface area contributed by atoms with Crippen molar-refractivity contribution in [3.63, 3.8) is 0 Å². The van der Waals surface area contributed by atoms with Crippen LogP contribution in [0, 0.1) is 0 Å². The Hall–Kier alpha value is -1.30. The van der Waals surface area contributed by atoms with Crippen molar-refractivity contribution in [1.82, 2.24) is 10.2 Å². The molecule has 0 saturated carbocycles. The van der Waals surface area contributed by atoms with Crippen LogP contribution in [0.25, 0.3) is 0 Å². The summed E-state index contributed by atoms with van der Waals surface area (Å²) in [6.07, 6.45) is -0.549. The van der Waals surface area contributed by atoms with E-state index in [1.54, 1.807) is 4.90 Å². The normalized spacial score (nSPS) is 13.9. The minimum Gasteiger partial charge on any atom is -0.479 e. The number of urea groups is 1. The van der Waals surface area contributed by atoms with Gasteiger partial charge in [0.05, 0.1) is 0 Å². The van der Waals surface area contributed by atoms with E-state index in [1.165, 1.54) is 0 Å². The van der Waals surface area contributed by atoms with Crippen LogP contribution >= 0.6 is 0 Å². The molecule has 0 spiro atoms. The average molecular weight is 246 g/mol. The van der Waals surface area contributed by atoms with Crippen LogP contribution in [0.1, 0.15) is 33.6 Å². The molecule has 0 rings (SSSR count). The molecule has 2 amide bonds. The van der Waals surface area contributed by atoms with Crippen LogP contribution in [0.3, 0.4) is 0 Å². The number of aliphatic carboxylic acids is 1. The van der Waals surface area contributed by atoms with Gasteiger partial charge in [-0.15, -0.1) is 0 Å². The molecule has 3 N–H and O–H groups in total. The van der Waals surface area contributed by atoms with Crippen molar-refractivity contribution in [2.24, 2.45) is 0 Å². The van der Waals surface area contributed by atoms with E-state index in [-0.39, 0.29) is 25.0 Å². The smallest absolute Gasteiger partial charge is 0.332 e. The Morgan fingerprint density at radius 2 is 1.94 bits per heavy atom. The molecule has 0 aliphatic carbocycles. The lowest BCUT2D eigenvalue weighted by Gasteiger charge is -2.27. The highest BCUT2D eigenvalue weighted by atomic mass is 16.4. The molecule has 0 aromatic rings. The number of aliphatic hydroxyl groups is 1. The fourth-order valence-electron chi connectivity index (χ4n) is 1.42. The number of carbonyl (C=O) groups is 2. The van der Waals surface area contributed by atoms with E-state index in [0.29, 0.717) is 6.54 Å². The second-order valence-electron chi connectivity index (χ2n) is 3.92. The number of carboxylic acid groups (broad SMARTS) is 1. The van der Waals surface area contributed by atoms with Gasteiger partial charge in [0.15, 0.2) is 6.10 Å². The lowest BCUT2D eigenvalue weighted by molar-refractivity contribution is -0.146. The zero-order chi connectivity index (χ0) is 13.4. The van der Waals surface area contributed by atoms with E-state index in [0.717, 1.165) is 6.42 Å². The van der Waals surface area contributed by atoms with Gasteiger partial charge in [-0.2, -0.15) is 0 Å². The lowest BCUT2D eigenvalue weighted by atomic mass is 10.2. The van der Waals surface area contributed by atoms with E-state index >= 15 is 0 Å². The van der Waals surface area contributed by atoms with Crippen LogP contribution in [0.4, 0.5) is 4.79 Å². The first-order valence-electron chi connectivity index (χ1n) is 5.89. The largest absolute Gasteiger partial charge is 0.479 e. The van der Waals surface area contributed by atoms with Gasteiger partial charge >= 0.3 is 12.0 Å². The fourth-order valence-corrected chi connectivity index (χ4v) is 1.42. The van der Waals surface area contributed by atoms with E-state index in [9.17, 15) is 9.59 Å². The first-order valence-corrected chi connectivity index (χ1v) is 5.89. The van der Waals surface area contributed by atoms with Crippen LogP contribution in [0.5, 0.6) is 0 Å². The van der Waals surface area contributed by atoms with Gasteiger partial charge in [-0.25, -0.2) is 9.59 Å². The van der Waals surface area contributed by atoms with Gasteiger partial charge in [-0.1, -0.05) is 6.92 Å². The van der Waals surface area contributed by atoms with Gasteiger partial charge in [0.2, 0.25) is 0 Å². The second-order valence-corrected chi connectivity index (χ2v) is 3.92. The molecule has 0 heterocycles. The van der Waals surface area contributed by atoms with Crippen LogP contribution in [0.2, 0.25) is 0 Å². The quantitative estimate of drug-likeness (QED) is 0.615. The number of hydrogen-bond donors (Lipinski definition) is 3. The number of aliphatic hydroxyl groups excluding tert-OH is 1. The summed E-state index contributed by atoms with van der Waals surface area (Å²) in [6, 6.07) is -0.0798. The zero-order valence-corrected chi connectivity index (χ0v) is 10.6. The predicted molar refractivity (Wildman–Crippen MR) is 63.8 cm³/mol. The van der Waals surface area contributed by atoms with Gasteiger partial charge < -0.3 is 20.4 Å². The van der Waals surface area contributed by atoms with Crippen molar-refractivity contribution >= 4 is 12.0 Å². The summed E-state index contributed by atoms with van der Waals surface area (Å²) in [5.41, 5.74) is 0. The molecule has 0 aliphatic heterocycles. The van der Waals surface area contributed by atoms with Crippen LogP contribution in [-0.4, -0.2) is 52.3 Å². The molecule has 0 aliphatic rings. The topological polar surface area (TPSA) is 89.9 Å². The highest BCUT2D eigenvalue weighted by Crippen LogP contribution is 2.03. The summed E-state index contributed by atoms with van der Waals surface area (Å²) in [7, 11) is 0. The van der Waals surface area contributed by atoms with Crippen LogP contribution < -0.4 is 5.32 Å². The summed E-state index contributed by atoms with van der Waals surface area (Å²) >= 11 is 0. The number of carbonyl (C=O) groups excluding carboxylic acids is 1. The third-order valence-corrected chi connectivity index (χ3v) is 2.70. The molecule has 100 valence electrons. The number of rotatable bonds is 7. The highest BCUT2D eigenvalue weighted by Gasteiger charge is 2.17. The molecule has 17 heavy (non-hydrogen) atoms. The van der Waals surface area contributed by atoms with Gasteiger partial charge in [0.25, 0.3) is 0 Å². The molecule has 6 heteroatoms. The Balaban J connectivity index is 4.03. The SMILES string of the molecule is CCC(C)N(CC)C(=O)NCCC(O)C(=O)O. The summed E-state index contributed by atoms with van der Waals surface area (Å²) in [5.74, 6) is -1.27. The number of hydrogen-bond acceptors (Lipinski definition) is 3. The number of carboxylic acids is 1. The van der Waals surface area contributed by atoms with Gasteiger partial charge in [-0.05, 0) is 20.3 Å². The maximum absolute atomic E-state index is 11.7. The van der Waals surface area contributed by atoms with Crippen LogP contribution in [0.15, 0.2) is 0 Å². The van der Waals surface area contributed by atoms with Crippen molar-refractivity contribution in [2.75, 3.05) is 13.1 Å². The predicted octanol–water partition coefficient (Wildman–Crippen LogP) is 0.652. The zero-order valence-electron chi connectivity index (χ0n) is 10.6. The van der Waals surface area contributed by atoms with E-state index in [4.69, 9.17) is 10.2 Å². The standard InChI is InChI=1S/C11H22N2O4/c1-4-8(3)13(5-2)11(17)12-7-6-9(14)10(15)16/h8-9,14H,4-7H2,1-3H3,(H,12,17)(H,15,16). The summed E-state index contributed by atoms with van der Waals surface area (Å²) in [4.78, 5) is 23.7. The molecule has 0 aromatic carbocycles. The molecule has 6 nitrogen and oxygen atoms in total. The summed E-state index contributed by atoms with van der Waals surface area (Å²) in [5, 5.41) is 20.1. The second kappa shape index (κ2) is 7.89. The van der Waals surface area contributed by atoms with Crippen molar-refractivity contribution < 1.29 is 19.8 Å². The third-order valence-electron chi connectivity index (χ3n) is 2.70. The van der Waals surface area contributed by atoms with Crippen molar-refractivity contribution in [1.29, 1.82) is 0 Å². The minimum absolute atomic E-state index is 0.0130.